The van der Waals surface area contributed by atoms with Crippen LogP contribution < -0.4 is 5.43 Å². The van der Waals surface area contributed by atoms with Crippen LogP contribution >= 0.6 is 31.9 Å². The van der Waals surface area contributed by atoms with E-state index >= 15 is 0 Å². The molecule has 0 bridgehead atoms. The van der Waals surface area contributed by atoms with Crippen LogP contribution in [-0.2, 0) is 0 Å². The van der Waals surface area contributed by atoms with Crippen LogP contribution in [0, 0.1) is 0 Å². The van der Waals surface area contributed by atoms with Gasteiger partial charge in [-0.25, -0.2) is 5.43 Å². The van der Waals surface area contributed by atoms with E-state index in [9.17, 15) is 15.0 Å². The first-order valence-electron chi connectivity index (χ1n) is 8.50. The first-order chi connectivity index (χ1) is 12.6. The smallest absolute Gasteiger partial charge is 0.271 e. The maximum Gasteiger partial charge on any atom is 0.271 e. The zero-order chi connectivity index (χ0) is 20.3. The van der Waals surface area contributed by atoms with Crippen LogP contribution in [0.3, 0.4) is 0 Å². The van der Waals surface area contributed by atoms with Gasteiger partial charge in [-0.1, -0.05) is 27.7 Å². The zero-order valence-electron chi connectivity index (χ0n) is 15.5. The van der Waals surface area contributed by atoms with Gasteiger partial charge in [0.25, 0.3) is 5.91 Å². The predicted octanol–water partition coefficient (Wildman–Crippen LogP) is 5.63. The molecule has 0 aliphatic carbocycles. The number of amides is 1. The van der Waals surface area contributed by atoms with E-state index in [0.717, 1.165) is 16.7 Å². The van der Waals surface area contributed by atoms with Gasteiger partial charge in [0, 0.05) is 5.56 Å². The standard InChI is InChI=1S/C20H22Br2N2O3/c1-10(2)14-5-12(6-15(11(3)4)18(14)25)9-23-24-20(27)13-7-16(21)19(26)17(22)8-13/h5-11,25-26H,1-4H3,(H,24,27)/b23-9-. The fraction of sp³-hybridized carbons (Fsp3) is 0.300. The maximum atomic E-state index is 12.3. The Morgan fingerprint density at radius 1 is 0.963 bits per heavy atom. The molecule has 0 aliphatic heterocycles. The Bertz CT molecular complexity index is 841. The average Bonchev–Trinajstić information content (AvgIpc) is 2.59. The number of rotatable bonds is 5. The van der Waals surface area contributed by atoms with Gasteiger partial charge in [-0.3, -0.25) is 4.79 Å². The number of carbonyl (C=O) groups excluding carboxylic acids is 1. The Hall–Kier alpha value is -1.86. The van der Waals surface area contributed by atoms with Crippen molar-refractivity contribution >= 4 is 44.0 Å². The van der Waals surface area contributed by atoms with Crippen LogP contribution in [0.1, 0.15) is 66.6 Å². The number of hydrogen-bond donors (Lipinski definition) is 3. The molecule has 144 valence electrons. The molecule has 0 aromatic heterocycles. The van der Waals surface area contributed by atoms with Crippen molar-refractivity contribution in [1.82, 2.24) is 5.43 Å². The van der Waals surface area contributed by atoms with Crippen molar-refractivity contribution in [3.63, 3.8) is 0 Å². The summed E-state index contributed by atoms with van der Waals surface area (Å²) in [5.74, 6) is 0.274. The van der Waals surface area contributed by atoms with E-state index in [2.05, 4.69) is 42.4 Å². The Morgan fingerprint density at radius 3 is 1.89 bits per heavy atom. The molecule has 3 N–H and O–H groups in total. The largest absolute Gasteiger partial charge is 0.507 e. The first-order valence-corrected chi connectivity index (χ1v) is 10.1. The first kappa shape index (κ1) is 21.4. The highest BCUT2D eigenvalue weighted by Crippen LogP contribution is 2.35. The summed E-state index contributed by atoms with van der Waals surface area (Å²) in [4.78, 5) is 12.3. The third kappa shape index (κ3) is 5.11. The van der Waals surface area contributed by atoms with E-state index in [1.165, 1.54) is 12.1 Å². The molecule has 5 nitrogen and oxygen atoms in total. The van der Waals surface area contributed by atoms with Gasteiger partial charge in [0.2, 0.25) is 0 Å². The van der Waals surface area contributed by atoms with Crippen LogP contribution in [0.25, 0.3) is 0 Å². The number of phenols is 2. The summed E-state index contributed by atoms with van der Waals surface area (Å²) in [6, 6.07) is 6.77. The van der Waals surface area contributed by atoms with Crippen LogP contribution in [0.4, 0.5) is 0 Å². The number of phenolic OH excluding ortho intramolecular Hbond substituents is 2. The van der Waals surface area contributed by atoms with E-state index in [1.54, 1.807) is 6.21 Å². The molecule has 0 saturated carbocycles. The summed E-state index contributed by atoms with van der Waals surface area (Å²) < 4.78 is 0.820. The molecule has 0 radical (unpaired) electrons. The molecule has 2 aromatic carbocycles. The molecule has 7 heteroatoms. The van der Waals surface area contributed by atoms with Crippen molar-refractivity contribution in [2.45, 2.75) is 39.5 Å². The topological polar surface area (TPSA) is 81.9 Å². The molecule has 27 heavy (non-hydrogen) atoms. The van der Waals surface area contributed by atoms with Gasteiger partial charge in [-0.05, 0) is 84.7 Å². The summed E-state index contributed by atoms with van der Waals surface area (Å²) in [5, 5.41) is 24.2. The molecular formula is C20H22Br2N2O3. The molecular weight excluding hydrogens is 476 g/mol. The minimum atomic E-state index is -0.403. The second kappa shape index (κ2) is 8.89. The fourth-order valence-electron chi connectivity index (χ4n) is 2.59. The maximum absolute atomic E-state index is 12.3. The average molecular weight is 498 g/mol. The highest BCUT2D eigenvalue weighted by atomic mass is 79.9. The molecule has 2 rings (SSSR count). The normalized spacial score (nSPS) is 11.6. The molecule has 0 aliphatic rings. The number of nitrogens with zero attached hydrogens (tertiary/aromatic N) is 1. The molecule has 0 unspecified atom stereocenters. The minimum absolute atomic E-state index is 0.0292. The predicted molar refractivity (Wildman–Crippen MR) is 115 cm³/mol. The van der Waals surface area contributed by atoms with Gasteiger partial charge < -0.3 is 10.2 Å². The van der Waals surface area contributed by atoms with E-state index in [-0.39, 0.29) is 17.6 Å². The van der Waals surface area contributed by atoms with E-state index < -0.39 is 5.91 Å². The number of nitrogens with one attached hydrogen (secondary N) is 1. The number of halogens is 2. The van der Waals surface area contributed by atoms with Gasteiger partial charge in [-0.15, -0.1) is 0 Å². The highest BCUT2D eigenvalue weighted by molar-refractivity contribution is 9.11. The van der Waals surface area contributed by atoms with Gasteiger partial charge in [0.1, 0.15) is 11.5 Å². The van der Waals surface area contributed by atoms with Crippen LogP contribution in [-0.4, -0.2) is 22.3 Å². The van der Waals surface area contributed by atoms with Gasteiger partial charge in [-0.2, -0.15) is 5.10 Å². The second-order valence-electron chi connectivity index (χ2n) is 6.84. The summed E-state index contributed by atoms with van der Waals surface area (Å²) >= 11 is 6.40. The molecule has 0 saturated heterocycles. The van der Waals surface area contributed by atoms with E-state index in [1.807, 2.05) is 39.8 Å². The Balaban J connectivity index is 2.24. The Kier molecular flexibility index (Phi) is 7.06. The SMILES string of the molecule is CC(C)c1cc(/C=N\NC(=O)c2cc(Br)c(O)c(Br)c2)cc(C(C)C)c1O. The lowest BCUT2D eigenvalue weighted by molar-refractivity contribution is 0.0955. The third-order valence-electron chi connectivity index (χ3n) is 4.09. The fourth-order valence-corrected chi connectivity index (χ4v) is 3.77. The zero-order valence-corrected chi connectivity index (χ0v) is 18.7. The molecule has 1 amide bonds. The highest BCUT2D eigenvalue weighted by Gasteiger charge is 2.15. The molecule has 2 aromatic rings. The summed E-state index contributed by atoms with van der Waals surface area (Å²) in [6.45, 7) is 8.07. The van der Waals surface area contributed by atoms with Crippen LogP contribution in [0.2, 0.25) is 0 Å². The molecule has 0 heterocycles. The Labute approximate surface area is 175 Å². The van der Waals surface area contributed by atoms with E-state index in [4.69, 9.17) is 0 Å². The monoisotopic (exact) mass is 496 g/mol. The second-order valence-corrected chi connectivity index (χ2v) is 8.55. The van der Waals surface area contributed by atoms with Crippen LogP contribution in [0.5, 0.6) is 11.5 Å². The number of carbonyl (C=O) groups is 1. The lowest BCUT2D eigenvalue weighted by atomic mass is 9.92. The number of hydrazone groups is 1. The molecule has 0 fully saturated rings. The summed E-state index contributed by atoms with van der Waals surface area (Å²) in [7, 11) is 0. The molecule has 0 spiro atoms. The van der Waals surface area contributed by atoms with Crippen molar-refractivity contribution < 1.29 is 15.0 Å². The summed E-state index contributed by atoms with van der Waals surface area (Å²) in [5.41, 5.74) is 5.32. The van der Waals surface area contributed by atoms with Crippen molar-refractivity contribution in [1.29, 1.82) is 0 Å². The van der Waals surface area contributed by atoms with Gasteiger partial charge >= 0.3 is 0 Å². The van der Waals surface area contributed by atoms with Crippen molar-refractivity contribution in [3.05, 3.63) is 55.5 Å². The molecule has 0 atom stereocenters. The third-order valence-corrected chi connectivity index (χ3v) is 5.30. The lowest BCUT2D eigenvalue weighted by Crippen LogP contribution is -2.17. The number of hydrogen-bond acceptors (Lipinski definition) is 4. The number of benzene rings is 2. The van der Waals surface area contributed by atoms with Crippen molar-refractivity contribution in [3.8, 4) is 11.5 Å². The minimum Gasteiger partial charge on any atom is -0.507 e. The van der Waals surface area contributed by atoms with Crippen molar-refractivity contribution in [2.24, 2.45) is 5.10 Å². The quantitative estimate of drug-likeness (QED) is 0.369. The lowest BCUT2D eigenvalue weighted by Gasteiger charge is -2.16. The van der Waals surface area contributed by atoms with Gasteiger partial charge in [0.05, 0.1) is 15.2 Å². The van der Waals surface area contributed by atoms with Crippen molar-refractivity contribution in [2.75, 3.05) is 0 Å². The number of aromatic hydroxyl groups is 2. The Morgan fingerprint density at radius 2 is 1.44 bits per heavy atom. The van der Waals surface area contributed by atoms with E-state index in [0.29, 0.717) is 20.3 Å². The van der Waals surface area contributed by atoms with Gasteiger partial charge in [0.15, 0.2) is 0 Å². The van der Waals surface area contributed by atoms with Crippen LogP contribution in [0.15, 0.2) is 38.3 Å². The summed E-state index contributed by atoms with van der Waals surface area (Å²) in [6.07, 6.45) is 1.56.